The van der Waals surface area contributed by atoms with Crippen LogP contribution in [0, 0.1) is 5.92 Å². The van der Waals surface area contributed by atoms with E-state index < -0.39 is 5.54 Å². The first-order valence-corrected chi connectivity index (χ1v) is 5.70. The molecule has 0 heterocycles. The minimum absolute atomic E-state index is 0.0802. The SMILES string of the molecule is CC(C)C(C)(CN)NC(=O)c1cccc(O)c1. The predicted molar refractivity (Wildman–Crippen MR) is 67.9 cm³/mol. The van der Waals surface area contributed by atoms with Gasteiger partial charge in [0, 0.05) is 12.1 Å². The molecular weight excluding hydrogens is 216 g/mol. The molecule has 0 saturated heterocycles. The van der Waals surface area contributed by atoms with E-state index in [9.17, 15) is 9.90 Å². The monoisotopic (exact) mass is 236 g/mol. The van der Waals surface area contributed by atoms with E-state index in [1.54, 1.807) is 12.1 Å². The maximum Gasteiger partial charge on any atom is 0.251 e. The number of aromatic hydroxyl groups is 1. The summed E-state index contributed by atoms with van der Waals surface area (Å²) in [6.45, 7) is 6.30. The molecular formula is C13H20N2O2. The number of carbonyl (C=O) groups excluding carboxylic acids is 1. The average molecular weight is 236 g/mol. The molecule has 1 amide bonds. The molecule has 0 spiro atoms. The molecule has 94 valence electrons. The summed E-state index contributed by atoms with van der Waals surface area (Å²) < 4.78 is 0. The van der Waals surface area contributed by atoms with Gasteiger partial charge < -0.3 is 16.2 Å². The van der Waals surface area contributed by atoms with Gasteiger partial charge in [-0.25, -0.2) is 0 Å². The molecule has 0 saturated carbocycles. The van der Waals surface area contributed by atoms with Gasteiger partial charge in [0.1, 0.15) is 5.75 Å². The van der Waals surface area contributed by atoms with Crippen molar-refractivity contribution in [1.82, 2.24) is 5.32 Å². The minimum Gasteiger partial charge on any atom is -0.508 e. The summed E-state index contributed by atoms with van der Waals surface area (Å²) in [4.78, 5) is 12.0. The molecule has 4 heteroatoms. The quantitative estimate of drug-likeness (QED) is 0.741. The lowest BCUT2D eigenvalue weighted by atomic mass is 9.88. The summed E-state index contributed by atoms with van der Waals surface area (Å²) in [5.74, 6) is 0.0907. The largest absolute Gasteiger partial charge is 0.508 e. The first-order chi connectivity index (χ1) is 7.89. The van der Waals surface area contributed by atoms with Crippen LogP contribution in [0.5, 0.6) is 5.75 Å². The molecule has 1 aromatic rings. The third-order valence-electron chi connectivity index (χ3n) is 3.21. The van der Waals surface area contributed by atoms with E-state index in [1.807, 2.05) is 20.8 Å². The van der Waals surface area contributed by atoms with Crippen molar-refractivity contribution in [2.24, 2.45) is 11.7 Å². The lowest BCUT2D eigenvalue weighted by molar-refractivity contribution is 0.0883. The molecule has 1 atom stereocenters. The highest BCUT2D eigenvalue weighted by Gasteiger charge is 2.28. The molecule has 4 N–H and O–H groups in total. The molecule has 1 aromatic carbocycles. The van der Waals surface area contributed by atoms with Crippen LogP contribution in [0.4, 0.5) is 0 Å². The summed E-state index contributed by atoms with van der Waals surface area (Å²) in [6, 6.07) is 6.26. The molecule has 0 bridgehead atoms. The highest BCUT2D eigenvalue weighted by Crippen LogP contribution is 2.17. The van der Waals surface area contributed by atoms with Crippen LogP contribution < -0.4 is 11.1 Å². The number of phenolic OH excluding ortho intramolecular Hbond substituents is 1. The van der Waals surface area contributed by atoms with Crippen molar-refractivity contribution in [3.05, 3.63) is 29.8 Å². The zero-order chi connectivity index (χ0) is 13.1. The Morgan fingerprint density at radius 2 is 2.18 bits per heavy atom. The van der Waals surface area contributed by atoms with Gasteiger partial charge in [-0.2, -0.15) is 0 Å². The van der Waals surface area contributed by atoms with Crippen molar-refractivity contribution >= 4 is 5.91 Å². The molecule has 0 radical (unpaired) electrons. The molecule has 0 aromatic heterocycles. The molecule has 1 unspecified atom stereocenters. The number of phenols is 1. The van der Waals surface area contributed by atoms with E-state index >= 15 is 0 Å². The Bertz CT molecular complexity index is 404. The Kier molecular flexibility index (Phi) is 4.12. The number of rotatable bonds is 4. The third-order valence-corrected chi connectivity index (χ3v) is 3.21. The van der Waals surface area contributed by atoms with Gasteiger partial charge in [-0.15, -0.1) is 0 Å². The number of nitrogens with two attached hydrogens (primary N) is 1. The summed E-state index contributed by atoms with van der Waals surface area (Å²) in [5.41, 5.74) is 5.69. The van der Waals surface area contributed by atoms with Gasteiger partial charge in [0.15, 0.2) is 0 Å². The second kappa shape index (κ2) is 5.19. The normalized spacial score (nSPS) is 14.4. The maximum atomic E-state index is 12.0. The van der Waals surface area contributed by atoms with Crippen LogP contribution in [0.15, 0.2) is 24.3 Å². The molecule has 0 aliphatic carbocycles. The summed E-state index contributed by atoms with van der Waals surface area (Å²) >= 11 is 0. The van der Waals surface area contributed by atoms with Gasteiger partial charge in [-0.05, 0) is 31.0 Å². The van der Waals surface area contributed by atoms with Gasteiger partial charge >= 0.3 is 0 Å². The van der Waals surface area contributed by atoms with Crippen LogP contribution in [-0.2, 0) is 0 Å². The molecule has 0 aliphatic heterocycles. The highest BCUT2D eigenvalue weighted by atomic mass is 16.3. The average Bonchev–Trinajstić information content (AvgIpc) is 2.28. The maximum absolute atomic E-state index is 12.0. The highest BCUT2D eigenvalue weighted by molar-refractivity contribution is 5.95. The number of benzene rings is 1. The Hall–Kier alpha value is -1.55. The molecule has 0 fully saturated rings. The molecule has 4 nitrogen and oxygen atoms in total. The molecule has 1 rings (SSSR count). The molecule has 17 heavy (non-hydrogen) atoms. The Balaban J connectivity index is 2.85. The van der Waals surface area contributed by atoms with E-state index in [2.05, 4.69) is 5.32 Å². The van der Waals surface area contributed by atoms with Crippen molar-refractivity contribution in [1.29, 1.82) is 0 Å². The zero-order valence-corrected chi connectivity index (χ0v) is 10.5. The van der Waals surface area contributed by atoms with E-state index in [0.29, 0.717) is 12.1 Å². The van der Waals surface area contributed by atoms with Crippen LogP contribution >= 0.6 is 0 Å². The smallest absolute Gasteiger partial charge is 0.251 e. The van der Waals surface area contributed by atoms with Crippen LogP contribution in [0.3, 0.4) is 0 Å². The van der Waals surface area contributed by atoms with Gasteiger partial charge in [0.05, 0.1) is 5.54 Å². The predicted octanol–water partition coefficient (Wildman–Crippen LogP) is 1.50. The Labute approximate surface area is 102 Å². The van der Waals surface area contributed by atoms with Crippen molar-refractivity contribution in [2.45, 2.75) is 26.3 Å². The Morgan fingerprint density at radius 3 is 2.65 bits per heavy atom. The summed E-state index contributed by atoms with van der Waals surface area (Å²) in [5, 5.41) is 12.2. The number of amides is 1. The van der Waals surface area contributed by atoms with Gasteiger partial charge in [-0.3, -0.25) is 4.79 Å². The minimum atomic E-state index is -0.442. The number of carbonyl (C=O) groups is 1. The second-order valence-corrected chi connectivity index (χ2v) is 4.78. The standard InChI is InChI=1S/C13H20N2O2/c1-9(2)13(3,8-14)15-12(17)10-5-4-6-11(16)7-10/h4-7,9,16H,8,14H2,1-3H3,(H,15,17). The fourth-order valence-electron chi connectivity index (χ4n) is 1.41. The zero-order valence-electron chi connectivity index (χ0n) is 10.5. The van der Waals surface area contributed by atoms with Crippen molar-refractivity contribution in [2.75, 3.05) is 6.54 Å². The summed E-state index contributed by atoms with van der Waals surface area (Å²) in [6.07, 6.45) is 0. The van der Waals surface area contributed by atoms with Gasteiger partial charge in [0.2, 0.25) is 0 Å². The van der Waals surface area contributed by atoms with Crippen molar-refractivity contribution < 1.29 is 9.90 Å². The van der Waals surface area contributed by atoms with Crippen LogP contribution in [-0.4, -0.2) is 23.1 Å². The van der Waals surface area contributed by atoms with Crippen molar-refractivity contribution in [3.8, 4) is 5.75 Å². The third kappa shape index (κ3) is 3.20. The first kappa shape index (κ1) is 13.5. The van der Waals surface area contributed by atoms with Crippen LogP contribution in [0.25, 0.3) is 0 Å². The topological polar surface area (TPSA) is 75.3 Å². The van der Waals surface area contributed by atoms with Crippen molar-refractivity contribution in [3.63, 3.8) is 0 Å². The lowest BCUT2D eigenvalue weighted by Gasteiger charge is -2.33. The van der Waals surface area contributed by atoms with Gasteiger partial charge in [0.25, 0.3) is 5.91 Å². The molecule has 0 aliphatic rings. The van der Waals surface area contributed by atoms with E-state index in [1.165, 1.54) is 12.1 Å². The number of hydrogen-bond donors (Lipinski definition) is 3. The summed E-state index contributed by atoms with van der Waals surface area (Å²) in [7, 11) is 0. The van der Waals surface area contributed by atoms with E-state index in [0.717, 1.165) is 0 Å². The second-order valence-electron chi connectivity index (χ2n) is 4.78. The first-order valence-electron chi connectivity index (χ1n) is 5.70. The van der Waals surface area contributed by atoms with E-state index in [-0.39, 0.29) is 17.6 Å². The van der Waals surface area contributed by atoms with Gasteiger partial charge in [-0.1, -0.05) is 19.9 Å². The number of hydrogen-bond acceptors (Lipinski definition) is 3. The number of nitrogens with one attached hydrogen (secondary N) is 1. The Morgan fingerprint density at radius 1 is 1.53 bits per heavy atom. The lowest BCUT2D eigenvalue weighted by Crippen LogP contribution is -2.55. The fourth-order valence-corrected chi connectivity index (χ4v) is 1.41. The van der Waals surface area contributed by atoms with E-state index in [4.69, 9.17) is 5.73 Å². The van der Waals surface area contributed by atoms with Crippen LogP contribution in [0.1, 0.15) is 31.1 Å². The fraction of sp³-hybridized carbons (Fsp3) is 0.462. The van der Waals surface area contributed by atoms with Crippen LogP contribution in [0.2, 0.25) is 0 Å².